The predicted octanol–water partition coefficient (Wildman–Crippen LogP) is 5.55. The highest BCUT2D eigenvalue weighted by molar-refractivity contribution is 14.1. The van der Waals surface area contributed by atoms with Crippen LogP contribution in [0.15, 0.2) is 70.9 Å². The van der Waals surface area contributed by atoms with E-state index < -0.39 is 0 Å². The monoisotopic (exact) mass is 682 g/mol. The van der Waals surface area contributed by atoms with Crippen LogP contribution in [0.3, 0.4) is 0 Å². The van der Waals surface area contributed by atoms with Crippen molar-refractivity contribution < 1.29 is 9.90 Å². The number of fused-ring (bicyclic) bond motifs is 1. The second-order valence-electron chi connectivity index (χ2n) is 7.36. The molecule has 0 fully saturated rings. The van der Waals surface area contributed by atoms with E-state index in [9.17, 15) is 9.90 Å². The minimum absolute atomic E-state index is 0.146. The number of carbonyl (C=O) groups excluding carboxylic acids is 1. The average Bonchev–Trinajstić information content (AvgIpc) is 3.14. The van der Waals surface area contributed by atoms with Crippen molar-refractivity contribution in [2.75, 3.05) is 5.75 Å². The Hall–Kier alpha value is -2.12. The van der Waals surface area contributed by atoms with E-state index in [1.165, 1.54) is 29.1 Å². The molecule has 1 aromatic heterocycles. The smallest absolute Gasteiger partial charge is 0.250 e. The fourth-order valence-corrected chi connectivity index (χ4v) is 5.91. The van der Waals surface area contributed by atoms with Gasteiger partial charge in [0, 0.05) is 9.13 Å². The van der Waals surface area contributed by atoms with Crippen molar-refractivity contribution in [3.8, 4) is 5.75 Å². The quantitative estimate of drug-likeness (QED) is 0.116. The SMILES string of the molecule is Cc1ccc(Cn2c(SCC(=O)N/N=C\c3cc(I)cc(I)c3O)nc3ccccc32)cc1. The molecule has 33 heavy (non-hydrogen) atoms. The molecule has 0 unspecified atom stereocenters. The molecule has 4 aromatic rings. The molecule has 0 saturated carbocycles. The van der Waals surface area contributed by atoms with Gasteiger partial charge in [-0.25, -0.2) is 10.4 Å². The van der Waals surface area contributed by atoms with Gasteiger partial charge >= 0.3 is 0 Å². The number of amides is 1. The summed E-state index contributed by atoms with van der Waals surface area (Å²) in [7, 11) is 0. The van der Waals surface area contributed by atoms with Gasteiger partial charge in [0.15, 0.2) is 5.16 Å². The molecule has 1 amide bonds. The number of rotatable bonds is 7. The number of nitrogens with one attached hydrogen (secondary N) is 1. The third-order valence-electron chi connectivity index (χ3n) is 4.86. The maximum atomic E-state index is 12.4. The molecule has 0 aliphatic carbocycles. The Labute approximate surface area is 223 Å². The van der Waals surface area contributed by atoms with Gasteiger partial charge in [-0.15, -0.1) is 0 Å². The largest absolute Gasteiger partial charge is 0.506 e. The summed E-state index contributed by atoms with van der Waals surface area (Å²) in [5.74, 6) is 0.0722. The first-order chi connectivity index (χ1) is 15.9. The average molecular weight is 682 g/mol. The Morgan fingerprint density at radius 1 is 1.18 bits per heavy atom. The van der Waals surface area contributed by atoms with Crippen LogP contribution in [-0.4, -0.2) is 32.5 Å². The number of hydrogen-bond acceptors (Lipinski definition) is 5. The van der Waals surface area contributed by atoms with Gasteiger partial charge in [0.25, 0.3) is 5.91 Å². The zero-order valence-corrected chi connectivity index (χ0v) is 22.8. The first-order valence-electron chi connectivity index (χ1n) is 10.0. The lowest BCUT2D eigenvalue weighted by Gasteiger charge is -2.09. The van der Waals surface area contributed by atoms with Gasteiger partial charge in [-0.3, -0.25) is 4.79 Å². The van der Waals surface area contributed by atoms with Crippen molar-refractivity contribution in [3.05, 3.63) is 84.5 Å². The standard InChI is InChI=1S/C24H20I2N4O2S/c1-15-6-8-16(9-7-15)13-30-21-5-3-2-4-20(21)28-24(30)33-14-22(31)29-27-12-17-10-18(25)11-19(26)23(17)32/h2-12,32H,13-14H2,1H3,(H,29,31)/b27-12-. The number of hydrazone groups is 1. The summed E-state index contributed by atoms with van der Waals surface area (Å²) in [6.45, 7) is 2.74. The number of phenolic OH excluding ortho intramolecular Hbond substituents is 1. The van der Waals surface area contributed by atoms with E-state index >= 15 is 0 Å². The molecule has 0 saturated heterocycles. The molecule has 0 bridgehead atoms. The number of hydrogen-bond donors (Lipinski definition) is 2. The van der Waals surface area contributed by atoms with Gasteiger partial charge < -0.3 is 9.67 Å². The summed E-state index contributed by atoms with van der Waals surface area (Å²) in [6.07, 6.45) is 1.45. The third-order valence-corrected chi connectivity index (χ3v) is 7.29. The molecular formula is C24H20I2N4O2S. The Bertz CT molecular complexity index is 1340. The lowest BCUT2D eigenvalue weighted by atomic mass is 10.1. The molecule has 0 aliphatic rings. The van der Waals surface area contributed by atoms with Gasteiger partial charge in [0.1, 0.15) is 5.75 Å². The maximum Gasteiger partial charge on any atom is 0.250 e. The number of benzene rings is 3. The lowest BCUT2D eigenvalue weighted by Crippen LogP contribution is -2.20. The van der Waals surface area contributed by atoms with Crippen LogP contribution in [0.25, 0.3) is 11.0 Å². The van der Waals surface area contributed by atoms with Crippen LogP contribution in [0.4, 0.5) is 0 Å². The number of thioether (sulfide) groups is 1. The summed E-state index contributed by atoms with van der Waals surface area (Å²) in [6, 6.07) is 20.1. The van der Waals surface area contributed by atoms with Crippen LogP contribution in [0.5, 0.6) is 5.75 Å². The fourth-order valence-electron chi connectivity index (χ4n) is 3.21. The molecule has 0 atom stereocenters. The number of aromatic nitrogens is 2. The number of aromatic hydroxyl groups is 1. The number of carbonyl (C=O) groups is 1. The fraction of sp³-hybridized carbons (Fsp3) is 0.125. The number of para-hydroxylation sites is 2. The lowest BCUT2D eigenvalue weighted by molar-refractivity contribution is -0.118. The van der Waals surface area contributed by atoms with E-state index in [2.05, 4.69) is 91.5 Å². The number of phenols is 1. The van der Waals surface area contributed by atoms with E-state index in [0.29, 0.717) is 12.1 Å². The van der Waals surface area contributed by atoms with Crippen molar-refractivity contribution in [2.45, 2.75) is 18.6 Å². The van der Waals surface area contributed by atoms with Gasteiger partial charge in [-0.2, -0.15) is 5.10 Å². The number of halogens is 2. The van der Waals surface area contributed by atoms with Crippen LogP contribution in [0.2, 0.25) is 0 Å². The van der Waals surface area contributed by atoms with Crippen LogP contribution >= 0.6 is 56.9 Å². The van der Waals surface area contributed by atoms with Crippen LogP contribution in [0.1, 0.15) is 16.7 Å². The molecular weight excluding hydrogens is 662 g/mol. The van der Waals surface area contributed by atoms with Gasteiger partial charge in [0.2, 0.25) is 0 Å². The van der Waals surface area contributed by atoms with E-state index in [4.69, 9.17) is 4.98 Å². The van der Waals surface area contributed by atoms with Crippen LogP contribution in [-0.2, 0) is 11.3 Å². The summed E-state index contributed by atoms with van der Waals surface area (Å²) in [5.41, 5.74) is 7.41. The summed E-state index contributed by atoms with van der Waals surface area (Å²) in [4.78, 5) is 17.1. The number of nitrogens with zero attached hydrogens (tertiary/aromatic N) is 3. The molecule has 1 heterocycles. The molecule has 9 heteroatoms. The van der Waals surface area contributed by atoms with Crippen LogP contribution in [0, 0.1) is 14.1 Å². The summed E-state index contributed by atoms with van der Waals surface area (Å²) in [5, 5.41) is 14.9. The number of aryl methyl sites for hydroxylation is 1. The molecule has 2 N–H and O–H groups in total. The van der Waals surface area contributed by atoms with Crippen LogP contribution < -0.4 is 5.43 Å². The van der Waals surface area contributed by atoms with E-state index in [1.54, 1.807) is 6.07 Å². The van der Waals surface area contributed by atoms with Crippen molar-refractivity contribution in [1.82, 2.24) is 15.0 Å². The van der Waals surface area contributed by atoms with Gasteiger partial charge in [-0.1, -0.05) is 53.7 Å². The molecule has 0 spiro atoms. The maximum absolute atomic E-state index is 12.4. The van der Waals surface area contributed by atoms with Gasteiger partial charge in [-0.05, 0) is 81.9 Å². The van der Waals surface area contributed by atoms with E-state index in [0.717, 1.165) is 23.3 Å². The first kappa shape index (κ1) is 24.0. The molecule has 4 rings (SSSR count). The van der Waals surface area contributed by atoms with Crippen molar-refractivity contribution >= 4 is 80.1 Å². The highest BCUT2D eigenvalue weighted by atomic mass is 127. The topological polar surface area (TPSA) is 79.5 Å². The minimum atomic E-state index is -0.245. The van der Waals surface area contributed by atoms with E-state index in [-0.39, 0.29) is 17.4 Å². The van der Waals surface area contributed by atoms with Gasteiger partial charge in [0.05, 0.1) is 33.1 Å². The second-order valence-corrected chi connectivity index (χ2v) is 10.7. The highest BCUT2D eigenvalue weighted by Crippen LogP contribution is 2.26. The normalized spacial score (nSPS) is 11.4. The van der Waals surface area contributed by atoms with Crippen molar-refractivity contribution in [3.63, 3.8) is 0 Å². The third kappa shape index (κ3) is 6.07. The molecule has 6 nitrogen and oxygen atoms in total. The first-order valence-corrected chi connectivity index (χ1v) is 13.2. The zero-order valence-electron chi connectivity index (χ0n) is 17.6. The Kier molecular flexibility index (Phi) is 7.91. The molecule has 0 aliphatic heterocycles. The van der Waals surface area contributed by atoms with E-state index in [1.807, 2.05) is 30.3 Å². The zero-order chi connectivity index (χ0) is 23.4. The predicted molar refractivity (Wildman–Crippen MR) is 150 cm³/mol. The number of imidazole rings is 1. The summed E-state index contributed by atoms with van der Waals surface area (Å²) < 4.78 is 3.84. The van der Waals surface area contributed by atoms with Crippen molar-refractivity contribution in [1.29, 1.82) is 0 Å². The Morgan fingerprint density at radius 2 is 1.94 bits per heavy atom. The molecule has 168 valence electrons. The Morgan fingerprint density at radius 3 is 2.73 bits per heavy atom. The molecule has 3 aromatic carbocycles. The highest BCUT2D eigenvalue weighted by Gasteiger charge is 2.13. The summed E-state index contributed by atoms with van der Waals surface area (Å²) >= 11 is 5.61. The minimum Gasteiger partial charge on any atom is -0.506 e. The second kappa shape index (κ2) is 10.9. The molecule has 0 radical (unpaired) electrons. The Balaban J connectivity index is 1.45. The van der Waals surface area contributed by atoms with Crippen molar-refractivity contribution in [2.24, 2.45) is 5.10 Å².